The Balaban J connectivity index is 2.79. The molecule has 2 N–H and O–H groups in total. The fourth-order valence-corrected chi connectivity index (χ4v) is 1.86. The van der Waals surface area contributed by atoms with E-state index >= 15 is 0 Å². The largest absolute Gasteiger partial charge is 0.508 e. The van der Waals surface area contributed by atoms with Gasteiger partial charge in [-0.05, 0) is 38.6 Å². The number of benzene rings is 1. The number of rotatable bonds is 5. The minimum Gasteiger partial charge on any atom is -0.508 e. The van der Waals surface area contributed by atoms with Gasteiger partial charge in [0, 0.05) is 5.56 Å². The summed E-state index contributed by atoms with van der Waals surface area (Å²) in [4.78, 5) is 14.0. The molecular formula is C14H22N2O2. The second kappa shape index (κ2) is 6.40. The molecule has 18 heavy (non-hydrogen) atoms. The molecule has 0 saturated carbocycles. The van der Waals surface area contributed by atoms with Gasteiger partial charge in [0.1, 0.15) is 5.75 Å². The minimum atomic E-state index is -0.0458. The first-order valence-electron chi connectivity index (χ1n) is 6.30. The average molecular weight is 250 g/mol. The number of phenols is 1. The van der Waals surface area contributed by atoms with E-state index in [9.17, 15) is 9.90 Å². The summed E-state index contributed by atoms with van der Waals surface area (Å²) in [5.41, 5.74) is 2.38. The molecule has 0 aliphatic carbocycles. The summed E-state index contributed by atoms with van der Waals surface area (Å²) < 4.78 is 0. The maximum atomic E-state index is 11.9. The molecule has 0 heterocycles. The summed E-state index contributed by atoms with van der Waals surface area (Å²) in [6.07, 6.45) is 0. The summed E-state index contributed by atoms with van der Waals surface area (Å²) in [6.45, 7) is 9.85. The van der Waals surface area contributed by atoms with Gasteiger partial charge in [0.2, 0.25) is 5.91 Å². The highest BCUT2D eigenvalue weighted by atomic mass is 16.3. The zero-order chi connectivity index (χ0) is 13.7. The Kier molecular flexibility index (Phi) is 5.16. The standard InChI is InChI=1S/C14H22N2O2/c1-5-16(6-2)9-13(18)15-14-10(3)7-8-12(17)11(14)4/h7-8,17H,5-6,9H2,1-4H3,(H,15,18). The third kappa shape index (κ3) is 3.47. The number of aromatic hydroxyl groups is 1. The summed E-state index contributed by atoms with van der Waals surface area (Å²) in [7, 11) is 0. The smallest absolute Gasteiger partial charge is 0.238 e. The van der Waals surface area contributed by atoms with Crippen LogP contribution in [0.15, 0.2) is 12.1 Å². The number of hydrogen-bond donors (Lipinski definition) is 2. The van der Waals surface area contributed by atoms with Crippen LogP contribution in [0.3, 0.4) is 0 Å². The molecule has 0 bridgehead atoms. The molecule has 0 unspecified atom stereocenters. The van der Waals surface area contributed by atoms with E-state index in [0.29, 0.717) is 17.8 Å². The third-order valence-electron chi connectivity index (χ3n) is 3.17. The number of hydrogen-bond acceptors (Lipinski definition) is 3. The number of nitrogens with one attached hydrogen (secondary N) is 1. The van der Waals surface area contributed by atoms with Crippen LogP contribution in [-0.4, -0.2) is 35.5 Å². The van der Waals surface area contributed by atoms with Gasteiger partial charge >= 0.3 is 0 Å². The van der Waals surface area contributed by atoms with E-state index in [-0.39, 0.29) is 11.7 Å². The number of aryl methyl sites for hydroxylation is 1. The minimum absolute atomic E-state index is 0.0458. The van der Waals surface area contributed by atoms with Crippen LogP contribution in [0.5, 0.6) is 5.75 Å². The third-order valence-corrected chi connectivity index (χ3v) is 3.17. The van der Waals surface area contributed by atoms with E-state index < -0.39 is 0 Å². The topological polar surface area (TPSA) is 52.6 Å². The zero-order valence-corrected chi connectivity index (χ0v) is 11.6. The molecule has 0 aliphatic rings. The van der Waals surface area contributed by atoms with Crippen molar-refractivity contribution in [2.75, 3.05) is 25.0 Å². The van der Waals surface area contributed by atoms with Crippen molar-refractivity contribution in [1.82, 2.24) is 4.90 Å². The van der Waals surface area contributed by atoms with Crippen molar-refractivity contribution < 1.29 is 9.90 Å². The van der Waals surface area contributed by atoms with Crippen molar-refractivity contribution in [2.45, 2.75) is 27.7 Å². The molecule has 0 aromatic heterocycles. The molecule has 0 aliphatic heterocycles. The van der Waals surface area contributed by atoms with Crippen molar-refractivity contribution in [1.29, 1.82) is 0 Å². The van der Waals surface area contributed by atoms with E-state index in [4.69, 9.17) is 0 Å². The molecule has 100 valence electrons. The Morgan fingerprint density at radius 2 is 1.89 bits per heavy atom. The summed E-state index contributed by atoms with van der Waals surface area (Å²) in [5, 5.41) is 12.5. The average Bonchev–Trinajstić information content (AvgIpc) is 2.36. The predicted octanol–water partition coefficient (Wildman–Crippen LogP) is 2.29. The van der Waals surface area contributed by atoms with Crippen LogP contribution in [0.1, 0.15) is 25.0 Å². The number of nitrogens with zero attached hydrogens (tertiary/aromatic N) is 1. The number of carbonyl (C=O) groups excluding carboxylic acids is 1. The number of likely N-dealkylation sites (N-methyl/N-ethyl adjacent to an activating group) is 1. The van der Waals surface area contributed by atoms with Crippen molar-refractivity contribution in [3.63, 3.8) is 0 Å². The Bertz CT molecular complexity index is 426. The summed E-state index contributed by atoms with van der Waals surface area (Å²) >= 11 is 0. The lowest BCUT2D eigenvalue weighted by atomic mass is 10.1. The van der Waals surface area contributed by atoms with E-state index in [1.807, 2.05) is 25.7 Å². The molecule has 1 amide bonds. The molecule has 1 aromatic carbocycles. The van der Waals surface area contributed by atoms with E-state index in [0.717, 1.165) is 18.7 Å². The van der Waals surface area contributed by atoms with Crippen molar-refractivity contribution in [2.24, 2.45) is 0 Å². The van der Waals surface area contributed by atoms with Gasteiger partial charge in [0.25, 0.3) is 0 Å². The molecule has 0 saturated heterocycles. The highest BCUT2D eigenvalue weighted by Gasteiger charge is 2.12. The normalized spacial score (nSPS) is 10.7. The number of carbonyl (C=O) groups is 1. The maximum absolute atomic E-state index is 11.9. The monoisotopic (exact) mass is 250 g/mol. The van der Waals surface area contributed by atoms with Crippen LogP contribution in [0.25, 0.3) is 0 Å². The van der Waals surface area contributed by atoms with Crippen molar-refractivity contribution in [3.8, 4) is 5.75 Å². The molecule has 4 heteroatoms. The van der Waals surface area contributed by atoms with Gasteiger partial charge in [0.15, 0.2) is 0 Å². The first-order valence-corrected chi connectivity index (χ1v) is 6.30. The van der Waals surface area contributed by atoms with Crippen LogP contribution in [0, 0.1) is 13.8 Å². The Hall–Kier alpha value is -1.55. The molecular weight excluding hydrogens is 228 g/mol. The maximum Gasteiger partial charge on any atom is 0.238 e. The van der Waals surface area contributed by atoms with Crippen LogP contribution >= 0.6 is 0 Å². The highest BCUT2D eigenvalue weighted by Crippen LogP contribution is 2.27. The molecule has 1 rings (SSSR count). The molecule has 0 atom stereocenters. The van der Waals surface area contributed by atoms with Crippen LogP contribution in [0.4, 0.5) is 5.69 Å². The second-order valence-corrected chi connectivity index (χ2v) is 4.41. The Morgan fingerprint density at radius 3 is 2.44 bits per heavy atom. The number of amides is 1. The predicted molar refractivity (Wildman–Crippen MR) is 74.0 cm³/mol. The summed E-state index contributed by atoms with van der Waals surface area (Å²) in [6, 6.07) is 3.44. The Labute approximate surface area is 109 Å². The van der Waals surface area contributed by atoms with Crippen LogP contribution in [0.2, 0.25) is 0 Å². The SMILES string of the molecule is CCN(CC)CC(=O)Nc1c(C)ccc(O)c1C. The fraction of sp³-hybridized carbons (Fsp3) is 0.500. The Morgan fingerprint density at radius 1 is 1.28 bits per heavy atom. The lowest BCUT2D eigenvalue weighted by Gasteiger charge is -2.19. The van der Waals surface area contributed by atoms with Gasteiger partial charge in [0.05, 0.1) is 12.2 Å². The van der Waals surface area contributed by atoms with Crippen molar-refractivity contribution in [3.05, 3.63) is 23.3 Å². The lowest BCUT2D eigenvalue weighted by Crippen LogP contribution is -2.33. The molecule has 0 radical (unpaired) electrons. The van der Waals surface area contributed by atoms with Gasteiger partial charge in [-0.2, -0.15) is 0 Å². The van der Waals surface area contributed by atoms with E-state index in [2.05, 4.69) is 5.32 Å². The van der Waals surface area contributed by atoms with Gasteiger partial charge in [-0.25, -0.2) is 0 Å². The first-order chi connectivity index (χ1) is 8.49. The number of phenolic OH excluding ortho intramolecular Hbond substituents is 1. The van der Waals surface area contributed by atoms with E-state index in [1.165, 1.54) is 0 Å². The quantitative estimate of drug-likeness (QED) is 0.843. The number of anilines is 1. The van der Waals surface area contributed by atoms with E-state index in [1.54, 1.807) is 19.1 Å². The van der Waals surface area contributed by atoms with Gasteiger partial charge in [-0.15, -0.1) is 0 Å². The molecule has 0 fully saturated rings. The highest BCUT2D eigenvalue weighted by molar-refractivity contribution is 5.94. The second-order valence-electron chi connectivity index (χ2n) is 4.41. The van der Waals surface area contributed by atoms with Crippen LogP contribution < -0.4 is 5.32 Å². The fourth-order valence-electron chi connectivity index (χ4n) is 1.86. The zero-order valence-electron chi connectivity index (χ0n) is 11.6. The summed E-state index contributed by atoms with van der Waals surface area (Å²) in [5.74, 6) is 0.161. The molecule has 1 aromatic rings. The van der Waals surface area contributed by atoms with Gasteiger partial charge < -0.3 is 10.4 Å². The molecule has 0 spiro atoms. The molecule has 4 nitrogen and oxygen atoms in total. The van der Waals surface area contributed by atoms with Gasteiger partial charge in [-0.1, -0.05) is 19.9 Å². The van der Waals surface area contributed by atoms with Gasteiger partial charge in [-0.3, -0.25) is 9.69 Å². The lowest BCUT2D eigenvalue weighted by molar-refractivity contribution is -0.117. The first kappa shape index (κ1) is 14.5. The van der Waals surface area contributed by atoms with Crippen LogP contribution in [-0.2, 0) is 4.79 Å². The van der Waals surface area contributed by atoms with Crippen molar-refractivity contribution >= 4 is 11.6 Å².